The zero-order valence-electron chi connectivity index (χ0n) is 8.67. The maximum absolute atomic E-state index is 5.97. The highest BCUT2D eigenvalue weighted by atomic mass is 35.5. The Labute approximate surface area is 98.5 Å². The standard InChI is InChI=1S/C12H12ClNS/c1-7-5-10(8(2)15-7)11-6-9(13)3-4-12(11)14/h3-6H,14H2,1-2H3. The van der Waals surface area contributed by atoms with Crippen LogP contribution < -0.4 is 5.73 Å². The van der Waals surface area contributed by atoms with Crippen molar-refractivity contribution in [2.75, 3.05) is 5.73 Å². The third-order valence-corrected chi connectivity index (χ3v) is 3.55. The van der Waals surface area contributed by atoms with Crippen molar-refractivity contribution in [1.29, 1.82) is 0 Å². The Balaban J connectivity index is 2.62. The van der Waals surface area contributed by atoms with Gasteiger partial charge >= 0.3 is 0 Å². The molecule has 2 aromatic rings. The summed E-state index contributed by atoms with van der Waals surface area (Å²) >= 11 is 7.75. The van der Waals surface area contributed by atoms with E-state index in [2.05, 4.69) is 19.9 Å². The van der Waals surface area contributed by atoms with E-state index in [4.69, 9.17) is 17.3 Å². The lowest BCUT2D eigenvalue weighted by Crippen LogP contribution is -1.89. The molecule has 0 fully saturated rings. The molecule has 0 aliphatic heterocycles. The summed E-state index contributed by atoms with van der Waals surface area (Å²) in [4.78, 5) is 2.57. The summed E-state index contributed by atoms with van der Waals surface area (Å²) in [7, 11) is 0. The van der Waals surface area contributed by atoms with Gasteiger partial charge in [-0.15, -0.1) is 11.3 Å². The second kappa shape index (κ2) is 3.87. The van der Waals surface area contributed by atoms with Crippen LogP contribution in [0.15, 0.2) is 24.3 Å². The molecule has 1 aromatic carbocycles. The zero-order valence-corrected chi connectivity index (χ0v) is 10.2. The summed E-state index contributed by atoms with van der Waals surface area (Å²) in [5.74, 6) is 0. The number of nitrogens with two attached hydrogens (primary N) is 1. The summed E-state index contributed by atoms with van der Waals surface area (Å²) < 4.78 is 0. The Bertz CT molecular complexity index is 502. The topological polar surface area (TPSA) is 26.0 Å². The van der Waals surface area contributed by atoms with Crippen molar-refractivity contribution in [2.45, 2.75) is 13.8 Å². The van der Waals surface area contributed by atoms with Gasteiger partial charge < -0.3 is 5.73 Å². The summed E-state index contributed by atoms with van der Waals surface area (Å²) in [6.45, 7) is 4.20. The molecule has 2 N–H and O–H groups in total. The molecule has 0 atom stereocenters. The molecule has 0 aliphatic carbocycles. The van der Waals surface area contributed by atoms with E-state index in [0.717, 1.165) is 16.3 Å². The van der Waals surface area contributed by atoms with Gasteiger partial charge in [0.15, 0.2) is 0 Å². The molecule has 0 amide bonds. The van der Waals surface area contributed by atoms with Gasteiger partial charge in [0.2, 0.25) is 0 Å². The van der Waals surface area contributed by atoms with Gasteiger partial charge in [-0.3, -0.25) is 0 Å². The number of thiophene rings is 1. The number of rotatable bonds is 1. The molecule has 0 radical (unpaired) electrons. The Morgan fingerprint density at radius 1 is 1.13 bits per heavy atom. The molecule has 0 aliphatic rings. The number of anilines is 1. The fraction of sp³-hybridized carbons (Fsp3) is 0.167. The quantitative estimate of drug-likeness (QED) is 0.737. The summed E-state index contributed by atoms with van der Waals surface area (Å²) in [6.07, 6.45) is 0. The lowest BCUT2D eigenvalue weighted by Gasteiger charge is -2.05. The van der Waals surface area contributed by atoms with Crippen molar-refractivity contribution >= 4 is 28.6 Å². The monoisotopic (exact) mass is 237 g/mol. The number of aryl methyl sites for hydroxylation is 2. The van der Waals surface area contributed by atoms with Crippen LogP contribution in [-0.4, -0.2) is 0 Å². The maximum Gasteiger partial charge on any atom is 0.0413 e. The molecule has 1 aromatic heterocycles. The average molecular weight is 238 g/mol. The normalized spacial score (nSPS) is 10.6. The Kier molecular flexibility index (Phi) is 2.72. The van der Waals surface area contributed by atoms with Crippen LogP contribution in [-0.2, 0) is 0 Å². The summed E-state index contributed by atoms with van der Waals surface area (Å²) in [6, 6.07) is 7.74. The predicted molar refractivity (Wildman–Crippen MR) is 68.7 cm³/mol. The molecule has 1 nitrogen and oxygen atoms in total. The molecule has 0 saturated heterocycles. The molecule has 0 saturated carbocycles. The fourth-order valence-corrected chi connectivity index (χ4v) is 2.77. The molecule has 78 valence electrons. The molecule has 2 rings (SSSR count). The van der Waals surface area contributed by atoms with Crippen LogP contribution in [0.3, 0.4) is 0 Å². The highest BCUT2D eigenvalue weighted by Gasteiger charge is 2.09. The number of hydrogen-bond donors (Lipinski definition) is 1. The minimum atomic E-state index is 0.724. The van der Waals surface area contributed by atoms with E-state index in [-0.39, 0.29) is 0 Å². The van der Waals surface area contributed by atoms with E-state index in [0.29, 0.717) is 0 Å². The van der Waals surface area contributed by atoms with Crippen LogP contribution in [0.1, 0.15) is 9.75 Å². The lowest BCUT2D eigenvalue weighted by atomic mass is 10.0. The first-order valence-electron chi connectivity index (χ1n) is 4.70. The second-order valence-electron chi connectivity index (χ2n) is 3.56. The fourth-order valence-electron chi connectivity index (χ4n) is 1.66. The van der Waals surface area contributed by atoms with Gasteiger partial charge in [-0.25, -0.2) is 0 Å². The molecular formula is C12H12ClNS. The zero-order chi connectivity index (χ0) is 11.0. The van der Waals surface area contributed by atoms with E-state index in [1.54, 1.807) is 11.3 Å². The van der Waals surface area contributed by atoms with Crippen LogP contribution >= 0.6 is 22.9 Å². The minimum absolute atomic E-state index is 0.724. The minimum Gasteiger partial charge on any atom is -0.398 e. The van der Waals surface area contributed by atoms with Gasteiger partial charge in [-0.2, -0.15) is 0 Å². The summed E-state index contributed by atoms with van der Waals surface area (Å²) in [5.41, 5.74) is 8.95. The average Bonchev–Trinajstić information content (AvgIpc) is 2.50. The van der Waals surface area contributed by atoms with E-state index < -0.39 is 0 Å². The third-order valence-electron chi connectivity index (χ3n) is 2.35. The van der Waals surface area contributed by atoms with Crippen LogP contribution in [0.2, 0.25) is 5.02 Å². The maximum atomic E-state index is 5.97. The molecule has 3 heteroatoms. The molecule has 0 bridgehead atoms. The van der Waals surface area contributed by atoms with Crippen LogP contribution in [0.5, 0.6) is 0 Å². The Morgan fingerprint density at radius 3 is 2.47 bits per heavy atom. The second-order valence-corrected chi connectivity index (χ2v) is 5.46. The van der Waals surface area contributed by atoms with Crippen molar-refractivity contribution in [3.8, 4) is 11.1 Å². The first-order valence-corrected chi connectivity index (χ1v) is 5.90. The van der Waals surface area contributed by atoms with Crippen LogP contribution in [0, 0.1) is 13.8 Å². The smallest absolute Gasteiger partial charge is 0.0413 e. The number of hydrogen-bond acceptors (Lipinski definition) is 2. The van der Waals surface area contributed by atoms with E-state index >= 15 is 0 Å². The largest absolute Gasteiger partial charge is 0.398 e. The first-order chi connectivity index (χ1) is 7.08. The molecule has 15 heavy (non-hydrogen) atoms. The third kappa shape index (κ3) is 2.01. The van der Waals surface area contributed by atoms with Crippen molar-refractivity contribution in [1.82, 2.24) is 0 Å². The number of benzene rings is 1. The Hall–Kier alpha value is -0.990. The number of halogens is 1. The number of nitrogen functional groups attached to an aromatic ring is 1. The van der Waals surface area contributed by atoms with Gasteiger partial charge in [-0.05, 0) is 43.7 Å². The SMILES string of the molecule is Cc1cc(-c2cc(Cl)ccc2N)c(C)s1. The molecule has 0 unspecified atom stereocenters. The van der Waals surface area contributed by atoms with E-state index in [1.807, 2.05) is 18.2 Å². The van der Waals surface area contributed by atoms with Crippen LogP contribution in [0.4, 0.5) is 5.69 Å². The van der Waals surface area contributed by atoms with Gasteiger partial charge in [0.25, 0.3) is 0 Å². The first kappa shape index (κ1) is 10.5. The Morgan fingerprint density at radius 2 is 1.87 bits per heavy atom. The lowest BCUT2D eigenvalue weighted by molar-refractivity contribution is 1.56. The molecule has 0 spiro atoms. The molecule has 1 heterocycles. The highest BCUT2D eigenvalue weighted by Crippen LogP contribution is 2.35. The van der Waals surface area contributed by atoms with E-state index in [1.165, 1.54) is 15.3 Å². The summed E-state index contributed by atoms with van der Waals surface area (Å²) in [5, 5.41) is 0.724. The van der Waals surface area contributed by atoms with Gasteiger partial charge in [0, 0.05) is 26.0 Å². The van der Waals surface area contributed by atoms with Gasteiger partial charge in [0.1, 0.15) is 0 Å². The molecular weight excluding hydrogens is 226 g/mol. The van der Waals surface area contributed by atoms with Crippen molar-refractivity contribution in [3.05, 3.63) is 39.0 Å². The van der Waals surface area contributed by atoms with Crippen LogP contribution in [0.25, 0.3) is 11.1 Å². The van der Waals surface area contributed by atoms with Crippen molar-refractivity contribution in [3.63, 3.8) is 0 Å². The van der Waals surface area contributed by atoms with Crippen molar-refractivity contribution in [2.24, 2.45) is 0 Å². The van der Waals surface area contributed by atoms with Gasteiger partial charge in [-0.1, -0.05) is 11.6 Å². The van der Waals surface area contributed by atoms with Crippen molar-refractivity contribution < 1.29 is 0 Å². The van der Waals surface area contributed by atoms with E-state index in [9.17, 15) is 0 Å². The van der Waals surface area contributed by atoms with Gasteiger partial charge in [0.05, 0.1) is 0 Å². The predicted octanol–water partition coefficient (Wildman–Crippen LogP) is 4.27. The highest BCUT2D eigenvalue weighted by molar-refractivity contribution is 7.12.